The first kappa shape index (κ1) is 14.9. The molecule has 0 spiro atoms. The summed E-state index contributed by atoms with van der Waals surface area (Å²) in [6, 6.07) is 23.3. The standard InChI is InChI=1S/C21H17NO/c1-2-8-20(17-10-4-3-5-11-17)22-21(23)19-14-13-16-9-6-7-12-18(16)15-19/h1,3-7,9-15,20H,8H2,(H,22,23)/t20-/m1/s1. The number of amides is 1. The zero-order valence-corrected chi connectivity index (χ0v) is 12.7. The summed E-state index contributed by atoms with van der Waals surface area (Å²) in [7, 11) is 0. The molecule has 0 unspecified atom stereocenters. The van der Waals surface area contributed by atoms with Crippen LogP contribution in [0.25, 0.3) is 10.8 Å². The summed E-state index contributed by atoms with van der Waals surface area (Å²) in [5.74, 6) is 2.53. The average Bonchev–Trinajstić information content (AvgIpc) is 2.61. The molecule has 3 rings (SSSR count). The quantitative estimate of drug-likeness (QED) is 0.714. The monoisotopic (exact) mass is 299 g/mol. The Kier molecular flexibility index (Phi) is 4.40. The molecular weight excluding hydrogens is 282 g/mol. The fourth-order valence-corrected chi connectivity index (χ4v) is 2.63. The summed E-state index contributed by atoms with van der Waals surface area (Å²) in [6.07, 6.45) is 5.92. The summed E-state index contributed by atoms with van der Waals surface area (Å²) < 4.78 is 0. The molecule has 2 nitrogen and oxygen atoms in total. The predicted molar refractivity (Wildman–Crippen MR) is 94.0 cm³/mol. The van der Waals surface area contributed by atoms with Crippen molar-refractivity contribution in [2.45, 2.75) is 12.5 Å². The number of rotatable bonds is 4. The molecule has 3 aromatic carbocycles. The van der Waals surface area contributed by atoms with Gasteiger partial charge in [0.25, 0.3) is 5.91 Å². The summed E-state index contributed by atoms with van der Waals surface area (Å²) in [4.78, 5) is 12.6. The van der Waals surface area contributed by atoms with Gasteiger partial charge < -0.3 is 5.32 Å². The Labute approximate surface area is 136 Å². The van der Waals surface area contributed by atoms with Gasteiger partial charge in [-0.15, -0.1) is 12.3 Å². The molecule has 0 heterocycles. The van der Waals surface area contributed by atoms with Gasteiger partial charge in [-0.2, -0.15) is 0 Å². The van der Waals surface area contributed by atoms with Gasteiger partial charge >= 0.3 is 0 Å². The van der Waals surface area contributed by atoms with E-state index < -0.39 is 0 Å². The summed E-state index contributed by atoms with van der Waals surface area (Å²) in [5.41, 5.74) is 1.65. The van der Waals surface area contributed by atoms with E-state index >= 15 is 0 Å². The summed E-state index contributed by atoms with van der Waals surface area (Å²) in [5, 5.41) is 5.20. The van der Waals surface area contributed by atoms with Crippen LogP contribution in [0.15, 0.2) is 72.8 Å². The van der Waals surface area contributed by atoms with Gasteiger partial charge in [-0.25, -0.2) is 0 Å². The maximum Gasteiger partial charge on any atom is 0.251 e. The highest BCUT2D eigenvalue weighted by molar-refractivity contribution is 5.98. The molecule has 2 heteroatoms. The average molecular weight is 299 g/mol. The van der Waals surface area contributed by atoms with E-state index in [1.807, 2.05) is 72.8 Å². The normalized spacial score (nSPS) is 11.6. The topological polar surface area (TPSA) is 29.1 Å². The van der Waals surface area contributed by atoms with Crippen molar-refractivity contribution in [3.05, 3.63) is 83.9 Å². The lowest BCUT2D eigenvalue weighted by molar-refractivity contribution is 0.0937. The summed E-state index contributed by atoms with van der Waals surface area (Å²) >= 11 is 0. The SMILES string of the molecule is C#CC[C@@H](NC(=O)c1ccc2ccccc2c1)c1ccccc1. The zero-order chi connectivity index (χ0) is 16.1. The Hall–Kier alpha value is -3.05. The third kappa shape index (κ3) is 3.41. The van der Waals surface area contributed by atoms with E-state index in [2.05, 4.69) is 11.2 Å². The minimum Gasteiger partial charge on any atom is -0.344 e. The van der Waals surface area contributed by atoms with Crippen LogP contribution in [-0.2, 0) is 0 Å². The van der Waals surface area contributed by atoms with Crippen molar-refractivity contribution in [2.24, 2.45) is 0 Å². The second-order valence-electron chi connectivity index (χ2n) is 5.41. The van der Waals surface area contributed by atoms with E-state index in [4.69, 9.17) is 6.42 Å². The Bertz CT molecular complexity index is 862. The van der Waals surface area contributed by atoms with Crippen LogP contribution in [0, 0.1) is 12.3 Å². The number of carbonyl (C=O) groups is 1. The molecule has 0 aliphatic heterocycles. The van der Waals surface area contributed by atoms with Crippen molar-refractivity contribution in [3.63, 3.8) is 0 Å². The van der Waals surface area contributed by atoms with Gasteiger partial charge in [0, 0.05) is 12.0 Å². The number of hydrogen-bond acceptors (Lipinski definition) is 1. The van der Waals surface area contributed by atoms with Crippen molar-refractivity contribution in [1.82, 2.24) is 5.32 Å². The van der Waals surface area contributed by atoms with Crippen LogP contribution in [0.1, 0.15) is 28.4 Å². The highest BCUT2D eigenvalue weighted by Crippen LogP contribution is 2.19. The van der Waals surface area contributed by atoms with Crippen LogP contribution in [0.2, 0.25) is 0 Å². The van der Waals surface area contributed by atoms with Crippen molar-refractivity contribution < 1.29 is 4.79 Å². The molecule has 1 N–H and O–H groups in total. The number of fused-ring (bicyclic) bond motifs is 1. The third-order valence-electron chi connectivity index (χ3n) is 3.84. The second kappa shape index (κ2) is 6.81. The molecule has 1 amide bonds. The molecule has 23 heavy (non-hydrogen) atoms. The molecule has 0 saturated carbocycles. The molecule has 112 valence electrons. The smallest absolute Gasteiger partial charge is 0.251 e. The molecule has 0 radical (unpaired) electrons. The van der Waals surface area contributed by atoms with Crippen LogP contribution < -0.4 is 5.32 Å². The van der Waals surface area contributed by atoms with Crippen molar-refractivity contribution in [3.8, 4) is 12.3 Å². The fourth-order valence-electron chi connectivity index (χ4n) is 2.63. The third-order valence-corrected chi connectivity index (χ3v) is 3.84. The van der Waals surface area contributed by atoms with E-state index in [0.717, 1.165) is 16.3 Å². The van der Waals surface area contributed by atoms with Crippen LogP contribution in [0.3, 0.4) is 0 Å². The van der Waals surface area contributed by atoms with Crippen LogP contribution in [0.5, 0.6) is 0 Å². The fraction of sp³-hybridized carbons (Fsp3) is 0.0952. The summed E-state index contributed by atoms with van der Waals surface area (Å²) in [6.45, 7) is 0. The van der Waals surface area contributed by atoms with Crippen molar-refractivity contribution in [1.29, 1.82) is 0 Å². The Morgan fingerprint density at radius 1 is 0.957 bits per heavy atom. The molecule has 0 aromatic heterocycles. The van der Waals surface area contributed by atoms with Gasteiger partial charge in [-0.05, 0) is 28.5 Å². The largest absolute Gasteiger partial charge is 0.344 e. The first-order valence-electron chi connectivity index (χ1n) is 7.56. The highest BCUT2D eigenvalue weighted by Gasteiger charge is 2.15. The van der Waals surface area contributed by atoms with Crippen LogP contribution in [0.4, 0.5) is 0 Å². The number of nitrogens with one attached hydrogen (secondary N) is 1. The lowest BCUT2D eigenvalue weighted by Crippen LogP contribution is -2.28. The molecule has 0 saturated heterocycles. The van der Waals surface area contributed by atoms with Crippen LogP contribution >= 0.6 is 0 Å². The Morgan fingerprint density at radius 3 is 2.39 bits per heavy atom. The van der Waals surface area contributed by atoms with Crippen LogP contribution in [-0.4, -0.2) is 5.91 Å². The van der Waals surface area contributed by atoms with Gasteiger partial charge in [0.05, 0.1) is 6.04 Å². The van der Waals surface area contributed by atoms with E-state index in [1.54, 1.807) is 0 Å². The molecule has 0 aliphatic carbocycles. The maximum absolute atomic E-state index is 12.6. The van der Waals surface area contributed by atoms with E-state index in [0.29, 0.717) is 12.0 Å². The second-order valence-corrected chi connectivity index (χ2v) is 5.41. The molecule has 0 bridgehead atoms. The molecule has 1 atom stereocenters. The minimum absolute atomic E-state index is 0.111. The Balaban J connectivity index is 1.84. The lowest BCUT2D eigenvalue weighted by atomic mass is 10.0. The number of terminal acetylenes is 1. The Morgan fingerprint density at radius 2 is 1.65 bits per heavy atom. The molecular formula is C21H17NO. The van der Waals surface area contributed by atoms with Gasteiger partial charge in [0.1, 0.15) is 0 Å². The first-order chi connectivity index (χ1) is 11.3. The van der Waals surface area contributed by atoms with Crippen molar-refractivity contribution in [2.75, 3.05) is 0 Å². The highest BCUT2D eigenvalue weighted by atomic mass is 16.1. The zero-order valence-electron chi connectivity index (χ0n) is 12.7. The molecule has 0 fully saturated rings. The predicted octanol–water partition coefficient (Wildman–Crippen LogP) is 4.33. The van der Waals surface area contributed by atoms with Gasteiger partial charge in [0.2, 0.25) is 0 Å². The first-order valence-corrected chi connectivity index (χ1v) is 7.56. The van der Waals surface area contributed by atoms with E-state index in [9.17, 15) is 4.79 Å². The molecule has 3 aromatic rings. The van der Waals surface area contributed by atoms with Gasteiger partial charge in [-0.3, -0.25) is 4.79 Å². The lowest BCUT2D eigenvalue weighted by Gasteiger charge is -2.17. The number of carbonyl (C=O) groups excluding carboxylic acids is 1. The van der Waals surface area contributed by atoms with Gasteiger partial charge in [-0.1, -0.05) is 60.7 Å². The number of hydrogen-bond donors (Lipinski definition) is 1. The number of benzene rings is 3. The maximum atomic E-state index is 12.6. The van der Waals surface area contributed by atoms with E-state index in [-0.39, 0.29) is 11.9 Å². The van der Waals surface area contributed by atoms with E-state index in [1.165, 1.54) is 0 Å². The molecule has 0 aliphatic rings. The van der Waals surface area contributed by atoms with Crippen molar-refractivity contribution >= 4 is 16.7 Å². The minimum atomic E-state index is -0.180. The van der Waals surface area contributed by atoms with Gasteiger partial charge in [0.15, 0.2) is 0 Å².